The minimum Gasteiger partial charge on any atom is -0.326 e. The predicted octanol–water partition coefficient (Wildman–Crippen LogP) is 1.65. The molecule has 0 aromatic carbocycles. The molecule has 0 atom stereocenters. The quantitative estimate of drug-likeness (QED) is 0.792. The van der Waals surface area contributed by atoms with Crippen LogP contribution in [0.5, 0.6) is 0 Å². The van der Waals surface area contributed by atoms with Crippen molar-refractivity contribution in [2.75, 3.05) is 0 Å². The highest BCUT2D eigenvalue weighted by Gasteiger charge is 2.11. The molecule has 14 heavy (non-hydrogen) atoms. The second kappa shape index (κ2) is 4.62. The van der Waals surface area contributed by atoms with Crippen molar-refractivity contribution in [1.29, 1.82) is 5.41 Å². The van der Waals surface area contributed by atoms with Gasteiger partial charge in [-0.1, -0.05) is 29.3 Å². The average molecular weight is 233 g/mol. The van der Waals surface area contributed by atoms with E-state index in [4.69, 9.17) is 28.6 Å². The Labute approximate surface area is 91.8 Å². The maximum atomic E-state index is 11.2. The summed E-state index contributed by atoms with van der Waals surface area (Å²) in [5.74, 6) is -0.308. The molecule has 0 fully saturated rings. The zero-order valence-corrected chi connectivity index (χ0v) is 9.14. The Morgan fingerprint density at radius 1 is 1.64 bits per heavy atom. The van der Waals surface area contributed by atoms with E-state index in [1.54, 1.807) is 12.3 Å². The maximum Gasteiger partial charge on any atom is 0.185 e. The van der Waals surface area contributed by atoms with Crippen LogP contribution >= 0.6 is 23.2 Å². The summed E-state index contributed by atoms with van der Waals surface area (Å²) in [6.07, 6.45) is 1.66. The van der Waals surface area contributed by atoms with Gasteiger partial charge in [-0.25, -0.2) is 0 Å². The molecule has 1 heterocycles. The standard InChI is InChI=1S/C9H10Cl2N2O/c1-6-3-2-4-13(9(6)12)5-7(14)8(10)11/h2-4,8,12H,5H2,1H3. The molecular weight excluding hydrogens is 223 g/mol. The van der Waals surface area contributed by atoms with Crippen LogP contribution in [-0.2, 0) is 11.3 Å². The number of nitrogens with zero attached hydrogens (tertiary/aromatic N) is 1. The summed E-state index contributed by atoms with van der Waals surface area (Å²) in [6, 6.07) is 3.58. The lowest BCUT2D eigenvalue weighted by Gasteiger charge is -2.07. The molecule has 0 spiro atoms. The van der Waals surface area contributed by atoms with Crippen molar-refractivity contribution in [2.45, 2.75) is 18.3 Å². The molecule has 0 aliphatic rings. The first-order valence-corrected chi connectivity index (χ1v) is 4.91. The topological polar surface area (TPSA) is 45.9 Å². The molecule has 0 amide bonds. The van der Waals surface area contributed by atoms with E-state index in [2.05, 4.69) is 0 Å². The van der Waals surface area contributed by atoms with Gasteiger partial charge < -0.3 is 4.57 Å². The third-order valence-electron chi connectivity index (χ3n) is 1.84. The first-order valence-electron chi connectivity index (χ1n) is 4.04. The van der Waals surface area contributed by atoms with Crippen LogP contribution in [0.1, 0.15) is 5.56 Å². The molecule has 3 nitrogen and oxygen atoms in total. The number of alkyl halides is 2. The molecule has 0 aliphatic carbocycles. The molecule has 1 N–H and O–H groups in total. The fraction of sp³-hybridized carbons (Fsp3) is 0.333. The lowest BCUT2D eigenvalue weighted by atomic mass is 10.3. The molecule has 0 radical (unpaired) electrons. The van der Waals surface area contributed by atoms with Crippen molar-refractivity contribution in [1.82, 2.24) is 4.57 Å². The largest absolute Gasteiger partial charge is 0.326 e. The molecule has 5 heteroatoms. The van der Waals surface area contributed by atoms with E-state index in [9.17, 15) is 4.79 Å². The van der Waals surface area contributed by atoms with Gasteiger partial charge in [0.05, 0.1) is 6.54 Å². The summed E-state index contributed by atoms with van der Waals surface area (Å²) >= 11 is 10.8. The molecule has 1 aromatic rings. The average Bonchev–Trinajstić information content (AvgIpc) is 2.12. The molecule has 0 aliphatic heterocycles. The van der Waals surface area contributed by atoms with Crippen LogP contribution in [0, 0.1) is 12.3 Å². The molecule has 0 bridgehead atoms. The zero-order valence-electron chi connectivity index (χ0n) is 7.63. The second-order valence-electron chi connectivity index (χ2n) is 2.93. The van der Waals surface area contributed by atoms with Gasteiger partial charge in [0.25, 0.3) is 0 Å². The number of aryl methyl sites for hydroxylation is 1. The fourth-order valence-electron chi connectivity index (χ4n) is 1.04. The number of halogens is 2. The molecule has 0 unspecified atom stereocenters. The van der Waals surface area contributed by atoms with Crippen molar-refractivity contribution >= 4 is 29.0 Å². The molecule has 0 saturated carbocycles. The minimum absolute atomic E-state index is 0.0399. The van der Waals surface area contributed by atoms with E-state index in [0.717, 1.165) is 5.56 Å². The van der Waals surface area contributed by atoms with Crippen LogP contribution in [-0.4, -0.2) is 15.2 Å². The Hall–Kier alpha value is -0.800. The Morgan fingerprint density at radius 3 is 2.86 bits per heavy atom. The number of carbonyl (C=O) groups is 1. The van der Waals surface area contributed by atoms with E-state index < -0.39 is 4.84 Å². The van der Waals surface area contributed by atoms with Crippen molar-refractivity contribution in [3.63, 3.8) is 0 Å². The Kier molecular flexibility index (Phi) is 3.72. The Bertz CT molecular complexity index is 398. The first-order chi connectivity index (χ1) is 6.52. The van der Waals surface area contributed by atoms with Gasteiger partial charge in [0, 0.05) is 6.20 Å². The number of hydrogen-bond donors (Lipinski definition) is 1. The smallest absolute Gasteiger partial charge is 0.185 e. The number of pyridine rings is 1. The van der Waals surface area contributed by atoms with E-state index in [0.29, 0.717) is 5.49 Å². The first kappa shape index (κ1) is 11.3. The second-order valence-corrected chi connectivity index (χ2v) is 4.03. The molecule has 1 aromatic heterocycles. The summed E-state index contributed by atoms with van der Waals surface area (Å²) in [4.78, 5) is 10.2. The lowest BCUT2D eigenvalue weighted by Crippen LogP contribution is -2.27. The monoisotopic (exact) mass is 232 g/mol. The maximum absolute atomic E-state index is 11.2. The number of ketones is 1. The van der Waals surface area contributed by atoms with Gasteiger partial charge in [-0.2, -0.15) is 0 Å². The van der Waals surface area contributed by atoms with Crippen molar-refractivity contribution < 1.29 is 4.79 Å². The SMILES string of the molecule is Cc1cccn(CC(=O)C(Cl)Cl)c1=N. The highest BCUT2D eigenvalue weighted by atomic mass is 35.5. The minimum atomic E-state index is -1.03. The van der Waals surface area contributed by atoms with Crippen molar-refractivity contribution in [3.05, 3.63) is 29.4 Å². The van der Waals surface area contributed by atoms with Crippen LogP contribution in [0.4, 0.5) is 0 Å². The van der Waals surface area contributed by atoms with Crippen LogP contribution in [0.25, 0.3) is 0 Å². The Balaban J connectivity index is 2.93. The molecule has 0 saturated heterocycles. The zero-order chi connectivity index (χ0) is 10.7. The summed E-state index contributed by atoms with van der Waals surface area (Å²) in [5.41, 5.74) is 1.11. The van der Waals surface area contributed by atoms with Gasteiger partial charge >= 0.3 is 0 Å². The van der Waals surface area contributed by atoms with Gasteiger partial charge in [-0.15, -0.1) is 0 Å². The van der Waals surface area contributed by atoms with E-state index in [1.807, 2.05) is 13.0 Å². The van der Waals surface area contributed by atoms with Crippen LogP contribution in [0.15, 0.2) is 18.3 Å². The number of carbonyl (C=O) groups excluding carboxylic acids is 1. The summed E-state index contributed by atoms with van der Waals surface area (Å²) in [7, 11) is 0. The van der Waals surface area contributed by atoms with E-state index in [1.165, 1.54) is 4.57 Å². The number of rotatable bonds is 3. The summed E-state index contributed by atoms with van der Waals surface area (Å²) in [5, 5.41) is 7.65. The van der Waals surface area contributed by atoms with Gasteiger partial charge in [0.1, 0.15) is 5.49 Å². The third kappa shape index (κ3) is 2.59. The number of Topliss-reactive ketones (excluding diaryl/α,β-unsaturated/α-hetero) is 1. The Morgan fingerprint density at radius 2 is 2.29 bits per heavy atom. The van der Waals surface area contributed by atoms with Gasteiger partial charge in [-0.05, 0) is 18.6 Å². The van der Waals surface area contributed by atoms with Gasteiger partial charge in [0.15, 0.2) is 10.6 Å². The number of hydrogen-bond acceptors (Lipinski definition) is 2. The highest BCUT2D eigenvalue weighted by molar-refractivity contribution is 6.53. The lowest BCUT2D eigenvalue weighted by molar-refractivity contribution is -0.118. The van der Waals surface area contributed by atoms with Crippen molar-refractivity contribution in [3.8, 4) is 0 Å². The van der Waals surface area contributed by atoms with E-state index >= 15 is 0 Å². The summed E-state index contributed by atoms with van der Waals surface area (Å²) < 4.78 is 1.51. The summed E-state index contributed by atoms with van der Waals surface area (Å²) in [6.45, 7) is 1.85. The van der Waals surface area contributed by atoms with E-state index in [-0.39, 0.29) is 12.3 Å². The molecular formula is C9H10Cl2N2O. The van der Waals surface area contributed by atoms with Crippen LogP contribution < -0.4 is 5.49 Å². The van der Waals surface area contributed by atoms with Crippen LogP contribution in [0.2, 0.25) is 0 Å². The van der Waals surface area contributed by atoms with Crippen molar-refractivity contribution in [2.24, 2.45) is 0 Å². The highest BCUT2D eigenvalue weighted by Crippen LogP contribution is 2.03. The van der Waals surface area contributed by atoms with Gasteiger partial charge in [0.2, 0.25) is 0 Å². The molecule has 76 valence electrons. The molecule has 1 rings (SSSR count). The predicted molar refractivity (Wildman–Crippen MR) is 55.5 cm³/mol. The van der Waals surface area contributed by atoms with Gasteiger partial charge in [-0.3, -0.25) is 10.2 Å². The fourth-order valence-corrected chi connectivity index (χ4v) is 1.18. The number of aromatic nitrogens is 1. The number of nitrogens with one attached hydrogen (secondary N) is 1. The normalized spacial score (nSPS) is 10.6. The van der Waals surface area contributed by atoms with Crippen LogP contribution in [0.3, 0.4) is 0 Å². The third-order valence-corrected chi connectivity index (χ3v) is 2.33.